The Hall–Kier alpha value is -1.50. The van der Waals surface area contributed by atoms with E-state index in [1.165, 1.54) is 4.57 Å². The van der Waals surface area contributed by atoms with Crippen molar-refractivity contribution in [3.63, 3.8) is 0 Å². The van der Waals surface area contributed by atoms with Crippen LogP contribution < -0.4 is 0 Å². The van der Waals surface area contributed by atoms with E-state index in [2.05, 4.69) is 4.90 Å². The molecule has 7 heteroatoms. The molecule has 1 saturated heterocycles. The predicted molar refractivity (Wildman–Crippen MR) is 71.3 cm³/mol. The number of alkyl halides is 3. The zero-order valence-electron chi connectivity index (χ0n) is 11.9. The minimum atomic E-state index is -4.64. The first kappa shape index (κ1) is 15.9. The van der Waals surface area contributed by atoms with E-state index < -0.39 is 23.3 Å². The average Bonchev–Trinajstić information content (AvgIpc) is 2.82. The van der Waals surface area contributed by atoms with Crippen molar-refractivity contribution in [2.45, 2.75) is 44.4 Å². The van der Waals surface area contributed by atoms with Gasteiger partial charge in [-0.2, -0.15) is 13.2 Å². The van der Waals surface area contributed by atoms with Crippen LogP contribution in [0, 0.1) is 0 Å². The maximum absolute atomic E-state index is 12.8. The molecule has 1 N–H and O–H groups in total. The maximum atomic E-state index is 12.8. The molecule has 1 atom stereocenters. The van der Waals surface area contributed by atoms with E-state index in [1.807, 2.05) is 7.05 Å². The average molecular weight is 304 g/mol. The van der Waals surface area contributed by atoms with Gasteiger partial charge < -0.3 is 14.6 Å². The molecular weight excluding hydrogens is 285 g/mol. The van der Waals surface area contributed by atoms with Gasteiger partial charge in [0.15, 0.2) is 0 Å². The number of carboxylic acid groups (broad SMARTS) is 1. The van der Waals surface area contributed by atoms with Crippen LogP contribution in [0.2, 0.25) is 0 Å². The van der Waals surface area contributed by atoms with Gasteiger partial charge in [-0.25, -0.2) is 4.79 Å². The lowest BCUT2D eigenvalue weighted by Gasteiger charge is -2.32. The van der Waals surface area contributed by atoms with E-state index in [1.54, 1.807) is 0 Å². The van der Waals surface area contributed by atoms with E-state index in [-0.39, 0.29) is 0 Å². The molecule has 1 aliphatic rings. The summed E-state index contributed by atoms with van der Waals surface area (Å²) in [5, 5.41) is 8.88. The number of nitrogens with zero attached hydrogens (tertiary/aromatic N) is 2. The van der Waals surface area contributed by atoms with Crippen LogP contribution in [0.25, 0.3) is 0 Å². The van der Waals surface area contributed by atoms with Gasteiger partial charge in [0, 0.05) is 25.0 Å². The van der Waals surface area contributed by atoms with Gasteiger partial charge in [-0.1, -0.05) is 6.42 Å². The smallest absolute Gasteiger partial charge is 0.418 e. The lowest BCUT2D eigenvalue weighted by Crippen LogP contribution is -2.36. The Bertz CT molecular complexity index is 511. The molecule has 21 heavy (non-hydrogen) atoms. The van der Waals surface area contributed by atoms with Crippen LogP contribution in [0.15, 0.2) is 12.4 Å². The Balaban J connectivity index is 2.08. The summed E-state index contributed by atoms with van der Waals surface area (Å²) in [4.78, 5) is 13.1. The highest BCUT2D eigenvalue weighted by Crippen LogP contribution is 2.33. The Morgan fingerprint density at radius 2 is 2.10 bits per heavy atom. The Morgan fingerprint density at radius 1 is 1.38 bits per heavy atom. The van der Waals surface area contributed by atoms with Crippen molar-refractivity contribution in [3.05, 3.63) is 23.5 Å². The molecule has 0 amide bonds. The fourth-order valence-electron chi connectivity index (χ4n) is 2.84. The molecule has 0 aliphatic carbocycles. The van der Waals surface area contributed by atoms with Crippen molar-refractivity contribution < 1.29 is 23.1 Å². The highest BCUT2D eigenvalue weighted by molar-refractivity contribution is 5.89. The summed E-state index contributed by atoms with van der Waals surface area (Å²) >= 11 is 0. The zero-order valence-corrected chi connectivity index (χ0v) is 11.9. The molecule has 1 fully saturated rings. The fourth-order valence-corrected chi connectivity index (χ4v) is 2.84. The van der Waals surface area contributed by atoms with Crippen LogP contribution in [0.5, 0.6) is 0 Å². The molecule has 2 rings (SSSR count). The summed E-state index contributed by atoms with van der Waals surface area (Å²) in [6.07, 6.45) is 1.38. The number of carboxylic acids is 1. The number of aryl methyl sites for hydroxylation is 1. The number of halogens is 3. The Morgan fingerprint density at radius 3 is 2.62 bits per heavy atom. The zero-order chi connectivity index (χ0) is 15.6. The minimum Gasteiger partial charge on any atom is -0.478 e. The van der Waals surface area contributed by atoms with Gasteiger partial charge in [0.2, 0.25) is 0 Å². The number of carbonyl (C=O) groups is 1. The van der Waals surface area contributed by atoms with Gasteiger partial charge in [0.25, 0.3) is 0 Å². The van der Waals surface area contributed by atoms with E-state index in [0.29, 0.717) is 12.6 Å². The number of aromatic carboxylic acids is 1. The number of piperidine rings is 1. The van der Waals surface area contributed by atoms with Crippen LogP contribution in [0.4, 0.5) is 13.2 Å². The molecule has 0 bridgehead atoms. The Kier molecular flexibility index (Phi) is 4.61. The van der Waals surface area contributed by atoms with Gasteiger partial charge in [-0.15, -0.1) is 0 Å². The summed E-state index contributed by atoms with van der Waals surface area (Å²) in [5.41, 5.74) is -1.76. The first-order valence-electron chi connectivity index (χ1n) is 6.99. The number of rotatable bonds is 4. The monoisotopic (exact) mass is 304 g/mol. The number of hydrogen-bond donors (Lipinski definition) is 1. The highest BCUT2D eigenvalue weighted by atomic mass is 19.4. The van der Waals surface area contributed by atoms with Crippen molar-refractivity contribution in [3.8, 4) is 0 Å². The molecule has 118 valence electrons. The number of hydrogen-bond acceptors (Lipinski definition) is 2. The molecule has 0 saturated carbocycles. The van der Waals surface area contributed by atoms with E-state index in [0.717, 1.165) is 44.6 Å². The summed E-state index contributed by atoms with van der Waals surface area (Å²) in [7, 11) is 2.02. The number of likely N-dealkylation sites (tertiary alicyclic amines) is 1. The quantitative estimate of drug-likeness (QED) is 0.930. The van der Waals surface area contributed by atoms with Crippen molar-refractivity contribution in [1.82, 2.24) is 9.47 Å². The first-order chi connectivity index (χ1) is 9.79. The molecule has 1 unspecified atom stereocenters. The van der Waals surface area contributed by atoms with Gasteiger partial charge in [0.1, 0.15) is 0 Å². The predicted octanol–water partition coefficient (Wildman–Crippen LogP) is 3.08. The van der Waals surface area contributed by atoms with Crippen LogP contribution in [0.1, 0.15) is 41.6 Å². The van der Waals surface area contributed by atoms with Crippen LogP contribution in [-0.4, -0.2) is 40.2 Å². The normalized spacial score (nSPS) is 20.7. The molecule has 2 heterocycles. The van der Waals surface area contributed by atoms with Crippen molar-refractivity contribution in [2.24, 2.45) is 0 Å². The topological polar surface area (TPSA) is 45.5 Å². The molecule has 1 aliphatic heterocycles. The summed E-state index contributed by atoms with van der Waals surface area (Å²) in [6.45, 7) is 1.40. The number of aromatic nitrogens is 1. The third-order valence-corrected chi connectivity index (χ3v) is 4.06. The summed E-state index contributed by atoms with van der Waals surface area (Å²) < 4.78 is 39.7. The molecule has 4 nitrogen and oxygen atoms in total. The van der Waals surface area contributed by atoms with Crippen LogP contribution in [-0.2, 0) is 12.7 Å². The fraction of sp³-hybridized carbons (Fsp3) is 0.643. The Labute approximate surface area is 121 Å². The second-order valence-corrected chi connectivity index (χ2v) is 5.55. The molecule has 0 radical (unpaired) electrons. The molecule has 0 aromatic carbocycles. The lowest BCUT2D eigenvalue weighted by molar-refractivity contribution is -0.138. The molecular formula is C14H19F3N2O2. The molecule has 1 aromatic rings. The molecule has 1 aromatic heterocycles. The summed E-state index contributed by atoms with van der Waals surface area (Å²) in [5.74, 6) is -1.55. The molecule has 0 spiro atoms. The van der Waals surface area contributed by atoms with Crippen molar-refractivity contribution in [2.75, 3.05) is 13.6 Å². The van der Waals surface area contributed by atoms with Crippen molar-refractivity contribution >= 4 is 5.97 Å². The van der Waals surface area contributed by atoms with Gasteiger partial charge in [-0.3, -0.25) is 0 Å². The standard InChI is InChI=1S/C14H19F3N2O2/c1-18-6-3-2-4-10(18)5-7-19-8-11(13(20)21)12(9-19)14(15,16)17/h8-10H,2-7H2,1H3,(H,20,21). The third-order valence-electron chi connectivity index (χ3n) is 4.06. The maximum Gasteiger partial charge on any atom is 0.418 e. The third kappa shape index (κ3) is 3.78. The summed E-state index contributed by atoms with van der Waals surface area (Å²) in [6, 6.07) is 0.351. The largest absolute Gasteiger partial charge is 0.478 e. The first-order valence-corrected chi connectivity index (χ1v) is 6.99. The second-order valence-electron chi connectivity index (χ2n) is 5.55. The van der Waals surface area contributed by atoms with E-state index in [4.69, 9.17) is 5.11 Å². The van der Waals surface area contributed by atoms with Gasteiger partial charge in [0.05, 0.1) is 11.1 Å². The van der Waals surface area contributed by atoms with E-state index in [9.17, 15) is 18.0 Å². The van der Waals surface area contributed by atoms with Gasteiger partial charge in [-0.05, 0) is 32.9 Å². The van der Waals surface area contributed by atoms with Gasteiger partial charge >= 0.3 is 12.1 Å². The minimum absolute atomic E-state index is 0.351. The van der Waals surface area contributed by atoms with Crippen LogP contribution >= 0.6 is 0 Å². The van der Waals surface area contributed by atoms with E-state index >= 15 is 0 Å². The lowest BCUT2D eigenvalue weighted by atomic mass is 10.0. The van der Waals surface area contributed by atoms with Crippen LogP contribution in [0.3, 0.4) is 0 Å². The second kappa shape index (κ2) is 6.09. The van der Waals surface area contributed by atoms with Crippen molar-refractivity contribution in [1.29, 1.82) is 0 Å². The highest BCUT2D eigenvalue weighted by Gasteiger charge is 2.37. The SMILES string of the molecule is CN1CCCCC1CCn1cc(C(=O)O)c(C(F)(F)F)c1.